The highest BCUT2D eigenvalue weighted by Gasteiger charge is 2.14. The molecule has 0 radical (unpaired) electrons. The average Bonchev–Trinajstić information content (AvgIpc) is 2.92. The number of hydrogen-bond donors (Lipinski definition) is 2. The van der Waals surface area contributed by atoms with E-state index in [0.717, 1.165) is 25.4 Å². The zero-order chi connectivity index (χ0) is 13.7. The number of likely N-dealkylation sites (tertiary alicyclic amines) is 1. The molecule has 1 aromatic rings. The second-order valence-electron chi connectivity index (χ2n) is 4.78. The smallest absolute Gasteiger partial charge is 0.325 e. The fourth-order valence-corrected chi connectivity index (χ4v) is 2.21. The first kappa shape index (κ1) is 13.8. The molecule has 1 saturated heterocycles. The third-order valence-corrected chi connectivity index (χ3v) is 3.38. The molecule has 2 rings (SSSR count). The number of carboxylic acid groups (broad SMARTS) is 1. The van der Waals surface area contributed by atoms with Gasteiger partial charge in [-0.15, -0.1) is 0 Å². The molecule has 0 aliphatic carbocycles. The van der Waals surface area contributed by atoms with E-state index in [2.05, 4.69) is 4.90 Å². The van der Waals surface area contributed by atoms with Gasteiger partial charge in [0.15, 0.2) is 0 Å². The van der Waals surface area contributed by atoms with Crippen LogP contribution in [0, 0.1) is 0 Å². The molecule has 1 aromatic carbocycles. The number of carbonyl (C=O) groups is 1. The summed E-state index contributed by atoms with van der Waals surface area (Å²) in [5, 5.41) is 8.81. The molecule has 0 spiro atoms. The Kier molecular flexibility index (Phi) is 4.76. The van der Waals surface area contributed by atoms with Gasteiger partial charge in [0.25, 0.3) is 0 Å². The van der Waals surface area contributed by atoms with Crippen molar-refractivity contribution in [2.75, 3.05) is 26.2 Å². The summed E-state index contributed by atoms with van der Waals surface area (Å²) in [4.78, 5) is 13.1. The molecule has 3 N–H and O–H groups in total. The molecule has 104 valence electrons. The zero-order valence-electron chi connectivity index (χ0n) is 10.9. The van der Waals surface area contributed by atoms with Crippen molar-refractivity contribution in [1.82, 2.24) is 4.90 Å². The van der Waals surface area contributed by atoms with Crippen molar-refractivity contribution < 1.29 is 14.6 Å². The van der Waals surface area contributed by atoms with Gasteiger partial charge in [0.1, 0.15) is 18.4 Å². The van der Waals surface area contributed by atoms with Gasteiger partial charge in [0.05, 0.1) is 0 Å². The second-order valence-corrected chi connectivity index (χ2v) is 4.78. The van der Waals surface area contributed by atoms with Gasteiger partial charge in [0.2, 0.25) is 0 Å². The Labute approximate surface area is 113 Å². The molecular formula is C14H20N2O3. The van der Waals surface area contributed by atoms with Crippen LogP contribution < -0.4 is 10.5 Å². The van der Waals surface area contributed by atoms with Gasteiger partial charge >= 0.3 is 5.97 Å². The van der Waals surface area contributed by atoms with Gasteiger partial charge in [-0.05, 0) is 43.6 Å². The van der Waals surface area contributed by atoms with Gasteiger partial charge in [-0.3, -0.25) is 9.69 Å². The van der Waals surface area contributed by atoms with E-state index in [-0.39, 0.29) is 0 Å². The molecule has 0 aromatic heterocycles. The van der Waals surface area contributed by atoms with E-state index < -0.39 is 12.0 Å². The lowest BCUT2D eigenvalue weighted by Gasteiger charge is -2.15. The van der Waals surface area contributed by atoms with Crippen LogP contribution in [0.3, 0.4) is 0 Å². The van der Waals surface area contributed by atoms with Gasteiger partial charge in [-0.1, -0.05) is 12.1 Å². The van der Waals surface area contributed by atoms with Crippen LogP contribution >= 0.6 is 0 Å². The molecule has 5 nitrogen and oxygen atoms in total. The van der Waals surface area contributed by atoms with Crippen molar-refractivity contribution >= 4 is 5.97 Å². The van der Waals surface area contributed by atoms with Crippen LogP contribution in [-0.2, 0) is 4.79 Å². The van der Waals surface area contributed by atoms with Crippen molar-refractivity contribution in [1.29, 1.82) is 0 Å². The van der Waals surface area contributed by atoms with Crippen LogP contribution in [0.1, 0.15) is 24.4 Å². The van der Waals surface area contributed by atoms with Crippen molar-refractivity contribution in [3.8, 4) is 5.75 Å². The lowest BCUT2D eigenvalue weighted by Crippen LogP contribution is -2.25. The molecule has 1 aliphatic heterocycles. The summed E-state index contributed by atoms with van der Waals surface area (Å²) in [6.07, 6.45) is 2.56. The van der Waals surface area contributed by atoms with Crippen LogP contribution in [0.2, 0.25) is 0 Å². The highest BCUT2D eigenvalue weighted by atomic mass is 16.5. The third kappa shape index (κ3) is 3.94. The van der Waals surface area contributed by atoms with Gasteiger partial charge in [0, 0.05) is 6.54 Å². The molecular weight excluding hydrogens is 244 g/mol. The van der Waals surface area contributed by atoms with E-state index in [1.54, 1.807) is 24.3 Å². The summed E-state index contributed by atoms with van der Waals surface area (Å²) < 4.78 is 5.63. The molecule has 0 bridgehead atoms. The first-order chi connectivity index (χ1) is 9.16. The number of rotatable bonds is 6. The van der Waals surface area contributed by atoms with Gasteiger partial charge < -0.3 is 15.6 Å². The Morgan fingerprint density at radius 1 is 1.32 bits per heavy atom. The summed E-state index contributed by atoms with van der Waals surface area (Å²) in [5.74, 6) is -0.275. The van der Waals surface area contributed by atoms with Gasteiger partial charge in [-0.25, -0.2) is 0 Å². The van der Waals surface area contributed by atoms with Crippen molar-refractivity contribution in [2.45, 2.75) is 18.9 Å². The second kappa shape index (κ2) is 6.54. The quantitative estimate of drug-likeness (QED) is 0.808. The summed E-state index contributed by atoms with van der Waals surface area (Å²) in [6, 6.07) is 5.96. The maximum Gasteiger partial charge on any atom is 0.325 e. The van der Waals surface area contributed by atoms with Crippen LogP contribution in [0.4, 0.5) is 0 Å². The maximum atomic E-state index is 10.7. The number of carboxylic acids is 1. The van der Waals surface area contributed by atoms with E-state index in [0.29, 0.717) is 12.2 Å². The standard InChI is InChI=1S/C14H20N2O3/c15-13(14(17)18)11-3-5-12(6-4-11)19-10-9-16-7-1-2-8-16/h3-6,13H,1-2,7-10,15H2,(H,17,18)/t13-/m0/s1. The largest absolute Gasteiger partial charge is 0.492 e. The Morgan fingerprint density at radius 3 is 2.53 bits per heavy atom. The maximum absolute atomic E-state index is 10.7. The summed E-state index contributed by atoms with van der Waals surface area (Å²) in [5.41, 5.74) is 6.11. The number of aliphatic carboxylic acids is 1. The van der Waals surface area contributed by atoms with Crippen LogP contribution in [0.15, 0.2) is 24.3 Å². The van der Waals surface area contributed by atoms with Crippen molar-refractivity contribution in [3.05, 3.63) is 29.8 Å². The lowest BCUT2D eigenvalue weighted by atomic mass is 10.1. The topological polar surface area (TPSA) is 75.8 Å². The van der Waals surface area contributed by atoms with Crippen LogP contribution in [0.5, 0.6) is 5.75 Å². The third-order valence-electron chi connectivity index (χ3n) is 3.38. The highest BCUT2D eigenvalue weighted by Crippen LogP contribution is 2.17. The molecule has 5 heteroatoms. The number of benzene rings is 1. The fourth-order valence-electron chi connectivity index (χ4n) is 2.21. The number of nitrogens with two attached hydrogens (primary N) is 1. The number of nitrogens with zero attached hydrogens (tertiary/aromatic N) is 1. The minimum absolute atomic E-state index is 0.583. The number of ether oxygens (including phenoxy) is 1. The monoisotopic (exact) mass is 264 g/mol. The van der Waals surface area contributed by atoms with E-state index in [1.807, 2.05) is 0 Å². The predicted octanol–water partition coefficient (Wildman–Crippen LogP) is 1.25. The molecule has 1 atom stereocenters. The van der Waals surface area contributed by atoms with E-state index >= 15 is 0 Å². The summed E-state index contributed by atoms with van der Waals surface area (Å²) in [7, 11) is 0. The molecule has 1 fully saturated rings. The lowest BCUT2D eigenvalue weighted by molar-refractivity contribution is -0.138. The Morgan fingerprint density at radius 2 is 1.95 bits per heavy atom. The molecule has 1 aliphatic rings. The molecule has 1 heterocycles. The Bertz CT molecular complexity index is 413. The molecule has 0 saturated carbocycles. The zero-order valence-corrected chi connectivity index (χ0v) is 10.9. The van der Waals surface area contributed by atoms with E-state index in [4.69, 9.17) is 15.6 Å². The minimum atomic E-state index is -1.03. The Balaban J connectivity index is 1.79. The minimum Gasteiger partial charge on any atom is -0.492 e. The Hall–Kier alpha value is -1.59. The van der Waals surface area contributed by atoms with Crippen molar-refractivity contribution in [3.63, 3.8) is 0 Å². The van der Waals surface area contributed by atoms with Crippen LogP contribution in [-0.4, -0.2) is 42.2 Å². The first-order valence-electron chi connectivity index (χ1n) is 6.60. The summed E-state index contributed by atoms with van der Waals surface area (Å²) >= 11 is 0. The first-order valence-corrected chi connectivity index (χ1v) is 6.60. The van der Waals surface area contributed by atoms with Crippen molar-refractivity contribution in [2.24, 2.45) is 5.73 Å². The van der Waals surface area contributed by atoms with E-state index in [1.165, 1.54) is 12.8 Å². The molecule has 19 heavy (non-hydrogen) atoms. The fraction of sp³-hybridized carbons (Fsp3) is 0.500. The SMILES string of the molecule is N[C@H](C(=O)O)c1ccc(OCCN2CCCC2)cc1. The van der Waals surface area contributed by atoms with E-state index in [9.17, 15) is 4.79 Å². The average molecular weight is 264 g/mol. The highest BCUT2D eigenvalue weighted by molar-refractivity contribution is 5.75. The molecule has 0 unspecified atom stereocenters. The predicted molar refractivity (Wildman–Crippen MR) is 72.2 cm³/mol. The normalized spacial score (nSPS) is 17.3. The molecule has 0 amide bonds. The number of hydrogen-bond acceptors (Lipinski definition) is 4. The van der Waals surface area contributed by atoms with Gasteiger partial charge in [-0.2, -0.15) is 0 Å². The van der Waals surface area contributed by atoms with Crippen LogP contribution in [0.25, 0.3) is 0 Å². The summed E-state index contributed by atoms with van der Waals surface area (Å²) in [6.45, 7) is 3.92.